The molecule has 0 radical (unpaired) electrons. The molecule has 1 N–H and O–H groups in total. The standard InChI is InChI=1S/C23H23N5O3/c1-15-19(22(29)27-17-6-8-18(31-2)9-7-17)13-25-21(26-15)16-10-12-28(14-16)23(30)20-5-3-4-11-24-20/h3-9,11,13,16H,10,12,14H2,1-2H3,(H,27,29). The van der Waals surface area contributed by atoms with Gasteiger partial charge < -0.3 is 15.0 Å². The first kappa shape index (κ1) is 20.5. The number of anilines is 1. The number of likely N-dealkylation sites (tertiary alicyclic amines) is 1. The summed E-state index contributed by atoms with van der Waals surface area (Å²) >= 11 is 0. The van der Waals surface area contributed by atoms with Crippen molar-refractivity contribution in [3.63, 3.8) is 0 Å². The molecule has 8 nitrogen and oxygen atoms in total. The maximum atomic E-state index is 12.6. The van der Waals surface area contributed by atoms with Gasteiger partial charge in [-0.15, -0.1) is 0 Å². The topological polar surface area (TPSA) is 97.3 Å². The molecule has 1 saturated heterocycles. The van der Waals surface area contributed by atoms with Crippen molar-refractivity contribution in [1.82, 2.24) is 19.9 Å². The summed E-state index contributed by atoms with van der Waals surface area (Å²) < 4.78 is 5.13. The van der Waals surface area contributed by atoms with Crippen molar-refractivity contribution in [2.75, 3.05) is 25.5 Å². The number of carbonyl (C=O) groups is 2. The van der Waals surface area contributed by atoms with Crippen LogP contribution in [0.2, 0.25) is 0 Å². The van der Waals surface area contributed by atoms with Crippen molar-refractivity contribution >= 4 is 17.5 Å². The van der Waals surface area contributed by atoms with Crippen molar-refractivity contribution in [3.8, 4) is 5.75 Å². The Morgan fingerprint density at radius 1 is 1.13 bits per heavy atom. The number of methoxy groups -OCH3 is 1. The van der Waals surface area contributed by atoms with Gasteiger partial charge in [0.2, 0.25) is 0 Å². The lowest BCUT2D eigenvalue weighted by Crippen LogP contribution is -2.29. The second-order valence-corrected chi connectivity index (χ2v) is 7.36. The Hall–Kier alpha value is -3.81. The Morgan fingerprint density at radius 3 is 2.61 bits per heavy atom. The molecule has 158 valence electrons. The van der Waals surface area contributed by atoms with Crippen LogP contribution in [0.25, 0.3) is 0 Å². The zero-order valence-electron chi connectivity index (χ0n) is 17.4. The van der Waals surface area contributed by atoms with E-state index in [2.05, 4.69) is 20.3 Å². The molecule has 8 heteroatoms. The largest absolute Gasteiger partial charge is 0.497 e. The fourth-order valence-corrected chi connectivity index (χ4v) is 3.58. The third kappa shape index (κ3) is 4.53. The van der Waals surface area contributed by atoms with Crippen LogP contribution < -0.4 is 10.1 Å². The molecule has 31 heavy (non-hydrogen) atoms. The minimum Gasteiger partial charge on any atom is -0.497 e. The molecular weight excluding hydrogens is 394 g/mol. The maximum Gasteiger partial charge on any atom is 0.272 e. The predicted molar refractivity (Wildman–Crippen MR) is 115 cm³/mol. The predicted octanol–water partition coefficient (Wildman–Crippen LogP) is 3.07. The van der Waals surface area contributed by atoms with Gasteiger partial charge in [0.05, 0.1) is 18.4 Å². The number of rotatable bonds is 5. The summed E-state index contributed by atoms with van der Waals surface area (Å²) in [5.74, 6) is 1.04. The molecule has 0 aliphatic carbocycles. The molecule has 3 aromatic rings. The van der Waals surface area contributed by atoms with Gasteiger partial charge in [0.25, 0.3) is 11.8 Å². The number of pyridine rings is 1. The number of ether oxygens (including phenoxy) is 1. The minimum absolute atomic E-state index is 0.0325. The molecule has 2 aromatic heterocycles. The van der Waals surface area contributed by atoms with Gasteiger partial charge in [-0.25, -0.2) is 9.97 Å². The van der Waals surface area contributed by atoms with E-state index in [1.807, 2.05) is 0 Å². The molecule has 1 aliphatic heterocycles. The van der Waals surface area contributed by atoms with Crippen LogP contribution in [0.5, 0.6) is 5.75 Å². The highest BCUT2D eigenvalue weighted by molar-refractivity contribution is 6.04. The van der Waals surface area contributed by atoms with Crippen molar-refractivity contribution < 1.29 is 14.3 Å². The Balaban J connectivity index is 1.42. The van der Waals surface area contributed by atoms with Crippen LogP contribution in [-0.2, 0) is 0 Å². The van der Waals surface area contributed by atoms with Gasteiger partial charge in [-0.3, -0.25) is 14.6 Å². The Labute approximate surface area is 180 Å². The van der Waals surface area contributed by atoms with Crippen molar-refractivity contribution in [1.29, 1.82) is 0 Å². The SMILES string of the molecule is COc1ccc(NC(=O)c2cnc(C3CCN(C(=O)c4ccccn4)C3)nc2C)cc1. The zero-order chi connectivity index (χ0) is 21.8. The van der Waals surface area contributed by atoms with Crippen LogP contribution in [0.15, 0.2) is 54.9 Å². The fourth-order valence-electron chi connectivity index (χ4n) is 3.58. The van der Waals surface area contributed by atoms with E-state index in [0.717, 1.165) is 6.42 Å². The van der Waals surface area contributed by atoms with Crippen LogP contribution in [0.4, 0.5) is 5.69 Å². The lowest BCUT2D eigenvalue weighted by molar-refractivity contribution is 0.0784. The molecule has 1 fully saturated rings. The van der Waals surface area contributed by atoms with Gasteiger partial charge in [0, 0.05) is 37.1 Å². The van der Waals surface area contributed by atoms with Crippen LogP contribution in [-0.4, -0.2) is 51.9 Å². The summed E-state index contributed by atoms with van der Waals surface area (Å²) in [5, 5.41) is 2.85. The monoisotopic (exact) mass is 417 g/mol. The first-order valence-electron chi connectivity index (χ1n) is 10.0. The summed E-state index contributed by atoms with van der Waals surface area (Å²) in [7, 11) is 1.59. The molecular formula is C23H23N5O3. The lowest BCUT2D eigenvalue weighted by Gasteiger charge is -2.16. The minimum atomic E-state index is -0.271. The number of aryl methyl sites for hydroxylation is 1. The summed E-state index contributed by atoms with van der Waals surface area (Å²) in [4.78, 5) is 40.2. The second-order valence-electron chi connectivity index (χ2n) is 7.36. The molecule has 1 atom stereocenters. The van der Waals surface area contributed by atoms with Gasteiger partial charge in [0.15, 0.2) is 0 Å². The highest BCUT2D eigenvalue weighted by Gasteiger charge is 2.30. The molecule has 0 saturated carbocycles. The molecule has 0 bridgehead atoms. The average Bonchev–Trinajstić information content (AvgIpc) is 3.30. The molecule has 2 amide bonds. The Bertz CT molecular complexity index is 1090. The number of benzene rings is 1. The highest BCUT2D eigenvalue weighted by atomic mass is 16.5. The van der Waals surface area contributed by atoms with Gasteiger partial charge in [0.1, 0.15) is 17.3 Å². The molecule has 1 unspecified atom stereocenters. The van der Waals surface area contributed by atoms with E-state index in [1.165, 1.54) is 0 Å². The fraction of sp³-hybridized carbons (Fsp3) is 0.261. The molecule has 3 heterocycles. The van der Waals surface area contributed by atoms with Crippen LogP contribution in [0, 0.1) is 6.92 Å². The van der Waals surface area contributed by atoms with Crippen LogP contribution >= 0.6 is 0 Å². The third-order valence-electron chi connectivity index (χ3n) is 5.32. The maximum absolute atomic E-state index is 12.6. The van der Waals surface area contributed by atoms with Crippen molar-refractivity contribution in [2.24, 2.45) is 0 Å². The van der Waals surface area contributed by atoms with E-state index in [9.17, 15) is 9.59 Å². The van der Waals surface area contributed by atoms with E-state index in [4.69, 9.17) is 4.74 Å². The third-order valence-corrected chi connectivity index (χ3v) is 5.32. The number of amides is 2. The molecule has 4 rings (SSSR count). The van der Waals surface area contributed by atoms with E-state index < -0.39 is 0 Å². The Kier molecular flexibility index (Phi) is 5.88. The van der Waals surface area contributed by atoms with E-state index >= 15 is 0 Å². The quantitative estimate of drug-likeness (QED) is 0.685. The van der Waals surface area contributed by atoms with Gasteiger partial charge in [-0.1, -0.05) is 6.07 Å². The van der Waals surface area contributed by atoms with Crippen LogP contribution in [0.3, 0.4) is 0 Å². The molecule has 1 aliphatic rings. The van der Waals surface area contributed by atoms with E-state index in [0.29, 0.717) is 47.3 Å². The number of carbonyl (C=O) groups excluding carboxylic acids is 2. The van der Waals surface area contributed by atoms with Gasteiger partial charge in [-0.2, -0.15) is 0 Å². The number of aromatic nitrogens is 3. The summed E-state index contributed by atoms with van der Waals surface area (Å²) in [6.45, 7) is 2.95. The summed E-state index contributed by atoms with van der Waals surface area (Å²) in [6.07, 6.45) is 3.94. The molecule has 1 aromatic carbocycles. The first-order chi connectivity index (χ1) is 15.0. The molecule has 0 spiro atoms. The average molecular weight is 417 g/mol. The van der Waals surface area contributed by atoms with Gasteiger partial charge >= 0.3 is 0 Å². The summed E-state index contributed by atoms with van der Waals surface area (Å²) in [5.41, 5.74) is 2.11. The summed E-state index contributed by atoms with van der Waals surface area (Å²) in [6, 6.07) is 12.4. The van der Waals surface area contributed by atoms with Crippen LogP contribution in [0.1, 0.15) is 44.7 Å². The number of nitrogens with one attached hydrogen (secondary N) is 1. The zero-order valence-corrected chi connectivity index (χ0v) is 17.4. The van der Waals surface area contributed by atoms with E-state index in [1.54, 1.807) is 73.8 Å². The number of hydrogen-bond donors (Lipinski definition) is 1. The second kappa shape index (κ2) is 8.91. The Morgan fingerprint density at radius 2 is 1.94 bits per heavy atom. The van der Waals surface area contributed by atoms with Gasteiger partial charge in [-0.05, 0) is 49.7 Å². The van der Waals surface area contributed by atoms with Crippen molar-refractivity contribution in [3.05, 3.63) is 77.6 Å². The van der Waals surface area contributed by atoms with E-state index in [-0.39, 0.29) is 17.7 Å². The number of hydrogen-bond acceptors (Lipinski definition) is 6. The first-order valence-corrected chi connectivity index (χ1v) is 10.0. The normalized spacial score (nSPS) is 15.5. The highest BCUT2D eigenvalue weighted by Crippen LogP contribution is 2.26. The smallest absolute Gasteiger partial charge is 0.272 e. The van der Waals surface area contributed by atoms with Crippen molar-refractivity contribution in [2.45, 2.75) is 19.3 Å². The number of nitrogens with zero attached hydrogens (tertiary/aromatic N) is 4. The lowest BCUT2D eigenvalue weighted by atomic mass is 10.1.